The van der Waals surface area contributed by atoms with Crippen LogP contribution in [0.3, 0.4) is 0 Å². The summed E-state index contributed by atoms with van der Waals surface area (Å²) in [5, 5.41) is 9.19. The second-order valence-corrected chi connectivity index (χ2v) is 12.5. The monoisotopic (exact) mass is 625 g/mol. The number of hydrogen-bond donors (Lipinski definition) is 0. The summed E-state index contributed by atoms with van der Waals surface area (Å²) >= 11 is 0. The molecule has 0 unspecified atom stereocenters. The Kier molecular flexibility index (Phi) is 6.15. The largest absolute Gasteiger partial charge is 0.456 e. The van der Waals surface area contributed by atoms with Gasteiger partial charge in [-0.05, 0) is 73.8 Å². The highest BCUT2D eigenvalue weighted by Crippen LogP contribution is 2.40. The maximum atomic E-state index is 6.51. The summed E-state index contributed by atoms with van der Waals surface area (Å²) in [6.07, 6.45) is 0. The molecule has 0 bridgehead atoms. The van der Waals surface area contributed by atoms with Crippen molar-refractivity contribution in [2.24, 2.45) is 0 Å². The van der Waals surface area contributed by atoms with Gasteiger partial charge in [-0.1, -0.05) is 133 Å². The molecule has 0 aliphatic carbocycles. The van der Waals surface area contributed by atoms with Crippen LogP contribution in [0.25, 0.3) is 99.5 Å². The van der Waals surface area contributed by atoms with Crippen molar-refractivity contribution >= 4 is 54.3 Å². The van der Waals surface area contributed by atoms with Gasteiger partial charge in [0.1, 0.15) is 11.2 Å². The zero-order valence-electron chi connectivity index (χ0n) is 26.3. The first kappa shape index (κ1) is 27.5. The van der Waals surface area contributed by atoms with Crippen molar-refractivity contribution in [3.63, 3.8) is 0 Å². The van der Waals surface area contributed by atoms with E-state index in [2.05, 4.69) is 115 Å². The molecule has 0 spiro atoms. The quantitative estimate of drug-likeness (QED) is 0.183. The van der Waals surface area contributed by atoms with Gasteiger partial charge in [-0.2, -0.15) is 0 Å². The molecule has 0 N–H and O–H groups in total. The number of furan rings is 1. The molecular weight excluding hydrogens is 599 g/mol. The zero-order chi connectivity index (χ0) is 32.3. The molecule has 49 heavy (non-hydrogen) atoms. The Morgan fingerprint density at radius 1 is 0.327 bits per heavy atom. The second kappa shape index (κ2) is 11.0. The predicted octanol–water partition coefficient (Wildman–Crippen LogP) is 11.9. The van der Waals surface area contributed by atoms with Crippen molar-refractivity contribution in [3.8, 4) is 45.3 Å². The van der Waals surface area contributed by atoms with Crippen molar-refractivity contribution in [2.75, 3.05) is 0 Å². The Morgan fingerprint density at radius 3 is 1.82 bits per heavy atom. The lowest BCUT2D eigenvalue weighted by Gasteiger charge is -2.12. The molecule has 228 valence electrons. The summed E-state index contributed by atoms with van der Waals surface area (Å²) in [7, 11) is 0. The van der Waals surface area contributed by atoms with Crippen LogP contribution in [0.1, 0.15) is 0 Å². The molecule has 2 heterocycles. The first-order valence-corrected chi connectivity index (χ1v) is 16.4. The van der Waals surface area contributed by atoms with E-state index >= 15 is 0 Å². The summed E-state index contributed by atoms with van der Waals surface area (Å²) in [6, 6.07) is 57.0. The average Bonchev–Trinajstić information content (AvgIpc) is 3.56. The van der Waals surface area contributed by atoms with Crippen LogP contribution in [0, 0.1) is 0 Å². The number of nitrogens with zero attached hydrogens (tertiary/aromatic N) is 3. The highest BCUT2D eigenvalue weighted by molar-refractivity contribution is 6.13. The first-order chi connectivity index (χ1) is 24.2. The van der Waals surface area contributed by atoms with E-state index in [9.17, 15) is 0 Å². The van der Waals surface area contributed by atoms with Crippen LogP contribution < -0.4 is 0 Å². The molecule has 0 aliphatic heterocycles. The van der Waals surface area contributed by atoms with E-state index < -0.39 is 0 Å². The van der Waals surface area contributed by atoms with Gasteiger partial charge >= 0.3 is 0 Å². The third kappa shape index (κ3) is 4.65. The SMILES string of the molecule is c1ccc(-c2nc(-c3ccc4c(ccc5ccccc54)c3)nc(-c3cc(-c4ccc5ccccc5c4)cc4oc5ccccc5c34)n2)cc1. The number of hydrogen-bond acceptors (Lipinski definition) is 4. The number of benzene rings is 8. The van der Waals surface area contributed by atoms with E-state index in [-0.39, 0.29) is 0 Å². The average molecular weight is 626 g/mol. The lowest BCUT2D eigenvalue weighted by Crippen LogP contribution is -2.00. The summed E-state index contributed by atoms with van der Waals surface area (Å²) in [4.78, 5) is 15.5. The van der Waals surface area contributed by atoms with Crippen LogP contribution in [-0.4, -0.2) is 15.0 Å². The van der Waals surface area contributed by atoms with Crippen LogP contribution in [-0.2, 0) is 0 Å². The van der Waals surface area contributed by atoms with Gasteiger partial charge in [0.15, 0.2) is 17.5 Å². The van der Waals surface area contributed by atoms with Crippen LogP contribution >= 0.6 is 0 Å². The van der Waals surface area contributed by atoms with E-state index in [4.69, 9.17) is 19.4 Å². The molecule has 0 radical (unpaired) electrons. The maximum Gasteiger partial charge on any atom is 0.164 e. The summed E-state index contributed by atoms with van der Waals surface area (Å²) in [5.74, 6) is 1.84. The van der Waals surface area contributed by atoms with Crippen molar-refractivity contribution in [1.82, 2.24) is 15.0 Å². The van der Waals surface area contributed by atoms with Gasteiger partial charge in [0.2, 0.25) is 0 Å². The summed E-state index contributed by atoms with van der Waals surface area (Å²) in [5.41, 5.74) is 6.52. The summed E-state index contributed by atoms with van der Waals surface area (Å²) < 4.78 is 6.51. The molecule has 4 nitrogen and oxygen atoms in total. The van der Waals surface area contributed by atoms with Crippen LogP contribution in [0.5, 0.6) is 0 Å². The fourth-order valence-electron chi connectivity index (χ4n) is 7.06. The molecular formula is C45H27N3O. The smallest absolute Gasteiger partial charge is 0.164 e. The molecule has 10 aromatic rings. The van der Waals surface area contributed by atoms with Gasteiger partial charge in [-0.15, -0.1) is 0 Å². The number of rotatable bonds is 4. The lowest BCUT2D eigenvalue weighted by molar-refractivity contribution is 0.669. The third-order valence-corrected chi connectivity index (χ3v) is 9.47. The van der Waals surface area contributed by atoms with Crippen molar-refractivity contribution in [1.29, 1.82) is 0 Å². The molecule has 8 aromatic carbocycles. The highest BCUT2D eigenvalue weighted by atomic mass is 16.3. The van der Waals surface area contributed by atoms with Gasteiger partial charge in [0, 0.05) is 27.5 Å². The molecule has 2 aromatic heterocycles. The minimum Gasteiger partial charge on any atom is -0.456 e. The first-order valence-electron chi connectivity index (χ1n) is 16.4. The minimum atomic E-state index is 0.599. The van der Waals surface area contributed by atoms with Crippen LogP contribution in [0.15, 0.2) is 168 Å². The Bertz CT molecular complexity index is 2890. The van der Waals surface area contributed by atoms with Gasteiger partial charge in [-0.25, -0.2) is 15.0 Å². The third-order valence-electron chi connectivity index (χ3n) is 9.47. The zero-order valence-corrected chi connectivity index (χ0v) is 26.3. The second-order valence-electron chi connectivity index (χ2n) is 12.5. The lowest BCUT2D eigenvalue weighted by atomic mass is 9.96. The molecule has 0 amide bonds. The fourth-order valence-corrected chi connectivity index (χ4v) is 7.06. The highest BCUT2D eigenvalue weighted by Gasteiger charge is 2.20. The summed E-state index contributed by atoms with van der Waals surface area (Å²) in [6.45, 7) is 0. The topological polar surface area (TPSA) is 51.8 Å². The van der Waals surface area contributed by atoms with Crippen molar-refractivity contribution < 1.29 is 4.42 Å². The molecule has 0 aliphatic rings. The Hall–Kier alpha value is -6.65. The van der Waals surface area contributed by atoms with Crippen LogP contribution in [0.4, 0.5) is 0 Å². The van der Waals surface area contributed by atoms with Gasteiger partial charge in [0.05, 0.1) is 0 Å². The van der Waals surface area contributed by atoms with Gasteiger partial charge in [-0.3, -0.25) is 0 Å². The normalized spacial score (nSPS) is 11.7. The Balaban J connectivity index is 1.24. The molecule has 0 atom stereocenters. The molecule has 0 saturated heterocycles. The fraction of sp³-hybridized carbons (Fsp3) is 0. The predicted molar refractivity (Wildman–Crippen MR) is 201 cm³/mol. The molecule has 0 fully saturated rings. The van der Waals surface area contributed by atoms with E-state index in [1.165, 1.54) is 26.9 Å². The Morgan fingerprint density at radius 2 is 0.939 bits per heavy atom. The van der Waals surface area contributed by atoms with E-state index in [1.807, 2.05) is 48.5 Å². The molecule has 10 rings (SSSR count). The standard InChI is InChI=1S/C45H27N3O/c1-2-12-30(13-3-1)43-46-44(34-22-23-37-33(25-34)21-19-29-11-6-7-15-36(29)37)48-45(47-43)39-26-35(32-20-18-28-10-4-5-14-31(28)24-32)27-41-42(39)38-16-8-9-17-40(38)49-41/h1-27H. The van der Waals surface area contributed by atoms with E-state index in [0.717, 1.165) is 55.1 Å². The number of fused-ring (bicyclic) bond motifs is 7. The van der Waals surface area contributed by atoms with Gasteiger partial charge in [0.25, 0.3) is 0 Å². The van der Waals surface area contributed by atoms with Crippen LogP contribution in [0.2, 0.25) is 0 Å². The Labute approximate surface area is 282 Å². The van der Waals surface area contributed by atoms with Crippen molar-refractivity contribution in [2.45, 2.75) is 0 Å². The molecule has 0 saturated carbocycles. The number of para-hydroxylation sites is 1. The maximum absolute atomic E-state index is 6.51. The van der Waals surface area contributed by atoms with Gasteiger partial charge < -0.3 is 4.42 Å². The minimum absolute atomic E-state index is 0.599. The number of aromatic nitrogens is 3. The van der Waals surface area contributed by atoms with E-state index in [1.54, 1.807) is 0 Å². The van der Waals surface area contributed by atoms with Crippen molar-refractivity contribution in [3.05, 3.63) is 164 Å². The van der Waals surface area contributed by atoms with E-state index in [0.29, 0.717) is 17.5 Å². The molecule has 4 heteroatoms.